The molecule has 5 nitrogen and oxygen atoms in total. The van der Waals surface area contributed by atoms with E-state index in [-0.39, 0.29) is 18.2 Å². The first-order valence-electron chi connectivity index (χ1n) is 8.40. The maximum absolute atomic E-state index is 12.7. The lowest BCUT2D eigenvalue weighted by Gasteiger charge is -2.12. The van der Waals surface area contributed by atoms with Gasteiger partial charge in [-0.3, -0.25) is 10.2 Å². The van der Waals surface area contributed by atoms with Gasteiger partial charge in [0.05, 0.1) is 22.8 Å². The summed E-state index contributed by atoms with van der Waals surface area (Å²) < 4.78 is 0. The quantitative estimate of drug-likeness (QED) is 0.649. The van der Waals surface area contributed by atoms with Crippen molar-refractivity contribution >= 4 is 45.7 Å². The Morgan fingerprint density at radius 3 is 2.67 bits per heavy atom. The Hall–Kier alpha value is -2.90. The molecule has 132 valence electrons. The topological polar surface area (TPSA) is 69.1 Å². The Morgan fingerprint density at radius 2 is 1.85 bits per heavy atom. The summed E-state index contributed by atoms with van der Waals surface area (Å²) in [6.07, 6.45) is 0.211. The van der Waals surface area contributed by atoms with Crippen LogP contribution in [0.5, 0.6) is 0 Å². The number of hydrogen-bond acceptors (Lipinski definition) is 6. The molecule has 27 heavy (non-hydrogen) atoms. The first-order chi connectivity index (χ1) is 13.2. The molecule has 2 aliphatic rings. The SMILES string of the molecule is N=C1/C(=C2/Nc3ccccc3S2)CC(=O)N1c1nc(-c2ccccc2)cs1. The predicted molar refractivity (Wildman–Crippen MR) is 110 cm³/mol. The minimum absolute atomic E-state index is 0.116. The van der Waals surface area contributed by atoms with Crippen LogP contribution in [-0.4, -0.2) is 16.7 Å². The van der Waals surface area contributed by atoms with Crippen molar-refractivity contribution in [1.82, 2.24) is 4.98 Å². The van der Waals surface area contributed by atoms with E-state index in [4.69, 9.17) is 5.41 Å². The van der Waals surface area contributed by atoms with Crippen molar-refractivity contribution in [2.45, 2.75) is 11.3 Å². The smallest absolute Gasteiger partial charge is 0.239 e. The van der Waals surface area contributed by atoms with Crippen LogP contribution in [0.4, 0.5) is 10.8 Å². The molecule has 1 fully saturated rings. The highest BCUT2D eigenvalue weighted by Gasteiger charge is 2.37. The van der Waals surface area contributed by atoms with Gasteiger partial charge in [0.25, 0.3) is 0 Å². The summed E-state index contributed by atoms with van der Waals surface area (Å²) >= 11 is 2.95. The maximum atomic E-state index is 12.7. The van der Waals surface area contributed by atoms with Crippen LogP contribution in [0.1, 0.15) is 6.42 Å². The average Bonchev–Trinajstić information content (AvgIpc) is 3.39. The molecule has 0 bridgehead atoms. The second-order valence-electron chi connectivity index (χ2n) is 6.17. The van der Waals surface area contributed by atoms with E-state index in [9.17, 15) is 4.79 Å². The molecule has 1 saturated heterocycles. The van der Waals surface area contributed by atoms with Crippen LogP contribution in [0.3, 0.4) is 0 Å². The van der Waals surface area contributed by atoms with Gasteiger partial charge in [-0.1, -0.05) is 54.2 Å². The number of benzene rings is 2. The highest BCUT2D eigenvalue weighted by Crippen LogP contribution is 2.44. The maximum Gasteiger partial charge on any atom is 0.239 e. The van der Waals surface area contributed by atoms with Crippen LogP contribution in [-0.2, 0) is 4.79 Å². The van der Waals surface area contributed by atoms with Crippen molar-refractivity contribution in [3.05, 3.63) is 70.6 Å². The zero-order valence-electron chi connectivity index (χ0n) is 14.1. The third-order valence-corrected chi connectivity index (χ3v) is 6.42. The number of amides is 1. The van der Waals surface area contributed by atoms with Gasteiger partial charge in [-0.2, -0.15) is 0 Å². The molecule has 0 radical (unpaired) electrons. The van der Waals surface area contributed by atoms with Gasteiger partial charge >= 0.3 is 0 Å². The Bertz CT molecular complexity index is 1080. The number of anilines is 2. The van der Waals surface area contributed by atoms with Crippen molar-refractivity contribution in [2.24, 2.45) is 0 Å². The monoisotopic (exact) mass is 390 g/mol. The van der Waals surface area contributed by atoms with Gasteiger partial charge in [0.2, 0.25) is 5.91 Å². The Kier molecular flexibility index (Phi) is 3.84. The number of para-hydroxylation sites is 1. The second kappa shape index (κ2) is 6.37. The Morgan fingerprint density at radius 1 is 1.07 bits per heavy atom. The molecule has 3 aromatic rings. The van der Waals surface area contributed by atoms with E-state index in [0.717, 1.165) is 32.4 Å². The van der Waals surface area contributed by atoms with Crippen LogP contribution >= 0.6 is 23.1 Å². The van der Waals surface area contributed by atoms with E-state index in [1.54, 1.807) is 11.8 Å². The first-order valence-corrected chi connectivity index (χ1v) is 10.1. The summed E-state index contributed by atoms with van der Waals surface area (Å²) in [6.45, 7) is 0. The molecule has 5 rings (SSSR count). The fourth-order valence-electron chi connectivity index (χ4n) is 3.13. The number of nitrogens with one attached hydrogen (secondary N) is 2. The summed E-state index contributed by atoms with van der Waals surface area (Å²) in [5.41, 5.74) is 3.56. The molecule has 0 aliphatic carbocycles. The molecule has 1 amide bonds. The second-order valence-corrected chi connectivity index (χ2v) is 8.06. The van der Waals surface area contributed by atoms with Gasteiger partial charge in [0, 0.05) is 21.4 Å². The summed E-state index contributed by atoms with van der Waals surface area (Å²) in [5.74, 6) is 0.0894. The lowest BCUT2D eigenvalue weighted by Crippen LogP contribution is -2.28. The van der Waals surface area contributed by atoms with Crippen molar-refractivity contribution in [2.75, 3.05) is 10.2 Å². The van der Waals surface area contributed by atoms with Crippen LogP contribution in [0.2, 0.25) is 0 Å². The van der Waals surface area contributed by atoms with Gasteiger partial charge < -0.3 is 5.32 Å². The van der Waals surface area contributed by atoms with E-state index in [1.807, 2.05) is 60.0 Å². The lowest BCUT2D eigenvalue weighted by atomic mass is 10.2. The Labute approximate surface area is 164 Å². The number of carbonyl (C=O) groups is 1. The summed E-state index contributed by atoms with van der Waals surface area (Å²) in [6, 6.07) is 17.8. The van der Waals surface area contributed by atoms with E-state index < -0.39 is 0 Å². The number of thioether (sulfide) groups is 1. The highest BCUT2D eigenvalue weighted by atomic mass is 32.2. The average molecular weight is 390 g/mol. The minimum atomic E-state index is -0.116. The van der Waals surface area contributed by atoms with Crippen molar-refractivity contribution < 1.29 is 4.79 Å². The number of rotatable bonds is 2. The molecular formula is C20H14N4OS2. The van der Waals surface area contributed by atoms with Crippen LogP contribution in [0, 0.1) is 5.41 Å². The number of nitrogens with zero attached hydrogens (tertiary/aromatic N) is 2. The minimum Gasteiger partial charge on any atom is -0.349 e. The molecule has 2 N–H and O–H groups in total. The van der Waals surface area contributed by atoms with E-state index in [1.165, 1.54) is 16.2 Å². The molecule has 3 heterocycles. The molecule has 0 saturated carbocycles. The Balaban J connectivity index is 1.46. The van der Waals surface area contributed by atoms with E-state index in [2.05, 4.69) is 10.3 Å². The normalized spacial score (nSPS) is 18.7. The highest BCUT2D eigenvalue weighted by molar-refractivity contribution is 8.03. The van der Waals surface area contributed by atoms with Crippen LogP contribution in [0.15, 0.2) is 75.5 Å². The zero-order chi connectivity index (χ0) is 18.4. The van der Waals surface area contributed by atoms with E-state index >= 15 is 0 Å². The summed E-state index contributed by atoms with van der Waals surface area (Å²) in [4.78, 5) is 19.8. The lowest BCUT2D eigenvalue weighted by molar-refractivity contribution is -0.116. The van der Waals surface area contributed by atoms with Gasteiger partial charge in [0.1, 0.15) is 5.84 Å². The van der Waals surface area contributed by atoms with Crippen molar-refractivity contribution in [1.29, 1.82) is 5.41 Å². The molecule has 0 atom stereocenters. The van der Waals surface area contributed by atoms with E-state index in [0.29, 0.717) is 5.13 Å². The number of hydrogen-bond donors (Lipinski definition) is 2. The predicted octanol–water partition coefficient (Wildman–Crippen LogP) is 4.95. The van der Waals surface area contributed by atoms with Gasteiger partial charge in [-0.05, 0) is 12.1 Å². The van der Waals surface area contributed by atoms with Crippen molar-refractivity contribution in [3.8, 4) is 11.3 Å². The van der Waals surface area contributed by atoms with Gasteiger partial charge in [0.15, 0.2) is 5.13 Å². The van der Waals surface area contributed by atoms with Crippen LogP contribution < -0.4 is 10.2 Å². The molecule has 1 aromatic heterocycles. The number of thiazole rings is 1. The molecule has 2 aliphatic heterocycles. The molecule has 2 aromatic carbocycles. The first kappa shape index (κ1) is 16.3. The largest absolute Gasteiger partial charge is 0.349 e. The fourth-order valence-corrected chi connectivity index (χ4v) is 5.03. The zero-order valence-corrected chi connectivity index (χ0v) is 15.7. The number of amidine groups is 1. The fraction of sp³-hybridized carbons (Fsp3) is 0.0500. The van der Waals surface area contributed by atoms with Crippen LogP contribution in [0.25, 0.3) is 11.3 Å². The summed E-state index contributed by atoms with van der Waals surface area (Å²) in [7, 11) is 0. The molecule has 0 unspecified atom stereocenters. The molecular weight excluding hydrogens is 376 g/mol. The number of carbonyl (C=O) groups excluding carboxylic acids is 1. The number of fused-ring (bicyclic) bond motifs is 1. The van der Waals surface area contributed by atoms with Crippen molar-refractivity contribution in [3.63, 3.8) is 0 Å². The summed E-state index contributed by atoms with van der Waals surface area (Å²) in [5, 5.41) is 15.2. The molecule has 7 heteroatoms. The van der Waals surface area contributed by atoms with Gasteiger partial charge in [-0.25, -0.2) is 9.88 Å². The van der Waals surface area contributed by atoms with Gasteiger partial charge in [-0.15, -0.1) is 11.3 Å². The standard InChI is InChI=1S/C20H14N4OS2/c21-18-13(19-22-14-8-4-5-9-16(14)27-19)10-17(25)24(18)20-23-15(11-26-20)12-6-2-1-3-7-12/h1-9,11,21-22H,10H2/b19-13-,21-18?. The third kappa shape index (κ3) is 2.75. The third-order valence-electron chi connectivity index (χ3n) is 4.46. The molecule has 0 spiro atoms. The number of aromatic nitrogens is 1.